The minimum atomic E-state index is -4.81. The second-order valence-corrected chi connectivity index (χ2v) is 4.32. The average Bonchev–Trinajstić information content (AvgIpc) is 2.36. The highest BCUT2D eigenvalue weighted by Crippen LogP contribution is 2.24. The zero-order valence-electron chi connectivity index (χ0n) is 11.9. The number of alkyl halides is 3. The average molecular weight is 317 g/mol. The molecule has 1 aromatic rings. The molecule has 0 aliphatic rings. The van der Waals surface area contributed by atoms with Gasteiger partial charge in [-0.15, -0.1) is 13.2 Å². The van der Waals surface area contributed by atoms with Crippen molar-refractivity contribution < 1.29 is 32.2 Å². The predicted molar refractivity (Wildman–Crippen MR) is 70.7 cm³/mol. The Labute approximate surface area is 124 Å². The fourth-order valence-electron chi connectivity index (χ4n) is 1.76. The van der Waals surface area contributed by atoms with Gasteiger partial charge in [-0.3, -0.25) is 4.79 Å². The Morgan fingerprint density at radius 2 is 1.91 bits per heavy atom. The van der Waals surface area contributed by atoms with E-state index in [-0.39, 0.29) is 17.7 Å². The summed E-state index contributed by atoms with van der Waals surface area (Å²) >= 11 is 0. The Bertz CT molecular complexity index is 608. The highest BCUT2D eigenvalue weighted by atomic mass is 19.4. The molecule has 1 aromatic carbocycles. The number of ketones is 1. The molecule has 120 valence electrons. The molecular weight excluding hydrogens is 303 g/mol. The summed E-state index contributed by atoms with van der Waals surface area (Å²) in [5.41, 5.74) is 5.63. The number of hydrogen-bond donors (Lipinski definition) is 1. The smallest absolute Gasteiger partial charge is 0.465 e. The van der Waals surface area contributed by atoms with Crippen molar-refractivity contribution in [2.24, 2.45) is 5.73 Å². The minimum absolute atomic E-state index is 0.0940. The standard InChI is InChI=1S/C14H14F3NO4/c1-8(19)12(13(20)21-2)11(18)7-9-4-3-5-10(6-9)22-14(15,16)17/h3-6H,7,18H2,1-2H3/b12-11-. The lowest BCUT2D eigenvalue weighted by Gasteiger charge is -2.11. The van der Waals surface area contributed by atoms with Gasteiger partial charge in [0.15, 0.2) is 5.78 Å². The van der Waals surface area contributed by atoms with Gasteiger partial charge in [0.2, 0.25) is 0 Å². The normalized spacial score (nSPS) is 12.4. The van der Waals surface area contributed by atoms with E-state index < -0.39 is 23.9 Å². The van der Waals surface area contributed by atoms with Crippen molar-refractivity contribution in [2.75, 3.05) is 7.11 Å². The molecule has 0 saturated heterocycles. The summed E-state index contributed by atoms with van der Waals surface area (Å²) in [5, 5.41) is 0. The van der Waals surface area contributed by atoms with Crippen molar-refractivity contribution in [1.29, 1.82) is 0 Å². The van der Waals surface area contributed by atoms with Crippen molar-refractivity contribution in [3.8, 4) is 5.75 Å². The van der Waals surface area contributed by atoms with Gasteiger partial charge in [-0.2, -0.15) is 0 Å². The van der Waals surface area contributed by atoms with Gasteiger partial charge in [0.1, 0.15) is 11.3 Å². The molecule has 0 bridgehead atoms. The number of Topliss-reactive ketones (excluding diaryl/α,β-unsaturated/α-hetero) is 1. The van der Waals surface area contributed by atoms with Gasteiger partial charge in [0.05, 0.1) is 7.11 Å². The van der Waals surface area contributed by atoms with Gasteiger partial charge >= 0.3 is 12.3 Å². The third-order valence-electron chi connectivity index (χ3n) is 2.59. The third-order valence-corrected chi connectivity index (χ3v) is 2.59. The number of ether oxygens (including phenoxy) is 2. The minimum Gasteiger partial charge on any atom is -0.465 e. The van der Waals surface area contributed by atoms with Crippen molar-refractivity contribution in [3.63, 3.8) is 0 Å². The van der Waals surface area contributed by atoms with Crippen LogP contribution in [0.15, 0.2) is 35.5 Å². The van der Waals surface area contributed by atoms with E-state index in [2.05, 4.69) is 9.47 Å². The highest BCUT2D eigenvalue weighted by molar-refractivity contribution is 6.16. The van der Waals surface area contributed by atoms with Crippen LogP contribution in [0.4, 0.5) is 13.2 Å². The molecule has 2 N–H and O–H groups in total. The Morgan fingerprint density at radius 3 is 2.41 bits per heavy atom. The second kappa shape index (κ2) is 6.97. The molecule has 0 amide bonds. The zero-order chi connectivity index (χ0) is 16.9. The van der Waals surface area contributed by atoms with Crippen LogP contribution in [0.3, 0.4) is 0 Å². The molecule has 0 saturated carbocycles. The summed E-state index contributed by atoms with van der Waals surface area (Å²) < 4.78 is 44.7. The van der Waals surface area contributed by atoms with E-state index in [9.17, 15) is 22.8 Å². The van der Waals surface area contributed by atoms with Gasteiger partial charge in [-0.25, -0.2) is 4.79 Å². The van der Waals surface area contributed by atoms with Gasteiger partial charge < -0.3 is 15.2 Å². The lowest BCUT2D eigenvalue weighted by molar-refractivity contribution is -0.274. The Balaban J connectivity index is 3.05. The summed E-state index contributed by atoms with van der Waals surface area (Å²) in [6.45, 7) is 1.14. The molecule has 0 spiro atoms. The van der Waals surface area contributed by atoms with Crippen molar-refractivity contribution >= 4 is 11.8 Å². The summed E-state index contributed by atoms with van der Waals surface area (Å²) in [5.74, 6) is -1.90. The summed E-state index contributed by atoms with van der Waals surface area (Å²) in [6, 6.07) is 5.08. The SMILES string of the molecule is COC(=O)/C(C(C)=O)=C(\N)Cc1cccc(OC(F)(F)F)c1. The Hall–Kier alpha value is -2.51. The van der Waals surface area contributed by atoms with Crippen molar-refractivity contribution in [1.82, 2.24) is 0 Å². The number of allylic oxidation sites excluding steroid dienone is 1. The van der Waals surface area contributed by atoms with Crippen LogP contribution < -0.4 is 10.5 Å². The molecule has 0 fully saturated rings. The lowest BCUT2D eigenvalue weighted by Crippen LogP contribution is -2.20. The Kier molecular flexibility index (Phi) is 5.56. The molecule has 0 radical (unpaired) electrons. The number of methoxy groups -OCH3 is 1. The van der Waals surface area contributed by atoms with Crippen LogP contribution in [0.1, 0.15) is 12.5 Å². The molecule has 0 unspecified atom stereocenters. The fraction of sp³-hybridized carbons (Fsp3) is 0.286. The van der Waals surface area contributed by atoms with Crippen LogP contribution in [-0.4, -0.2) is 25.2 Å². The first-order valence-corrected chi connectivity index (χ1v) is 6.06. The number of carbonyl (C=O) groups excluding carboxylic acids is 2. The lowest BCUT2D eigenvalue weighted by atomic mass is 10.0. The highest BCUT2D eigenvalue weighted by Gasteiger charge is 2.31. The summed E-state index contributed by atoms with van der Waals surface area (Å²) in [7, 11) is 1.09. The summed E-state index contributed by atoms with van der Waals surface area (Å²) in [6.07, 6.45) is -4.91. The zero-order valence-corrected chi connectivity index (χ0v) is 11.9. The van der Waals surface area contributed by atoms with Crippen molar-refractivity contribution in [3.05, 3.63) is 41.1 Å². The summed E-state index contributed by atoms with van der Waals surface area (Å²) in [4.78, 5) is 22.9. The van der Waals surface area contributed by atoms with E-state index in [0.29, 0.717) is 5.56 Å². The van der Waals surface area contributed by atoms with Crippen LogP contribution in [0.25, 0.3) is 0 Å². The fourth-order valence-corrected chi connectivity index (χ4v) is 1.76. The molecule has 5 nitrogen and oxygen atoms in total. The van der Waals surface area contributed by atoms with E-state index in [0.717, 1.165) is 26.2 Å². The van der Waals surface area contributed by atoms with E-state index in [1.54, 1.807) is 0 Å². The number of carbonyl (C=O) groups is 2. The van der Waals surface area contributed by atoms with Gasteiger partial charge in [0.25, 0.3) is 0 Å². The first-order chi connectivity index (χ1) is 10.1. The Morgan fingerprint density at radius 1 is 1.27 bits per heavy atom. The molecule has 0 aromatic heterocycles. The van der Waals surface area contributed by atoms with E-state index in [4.69, 9.17) is 5.73 Å². The van der Waals surface area contributed by atoms with Crippen LogP contribution in [0.5, 0.6) is 5.75 Å². The number of rotatable bonds is 5. The maximum atomic E-state index is 12.2. The van der Waals surface area contributed by atoms with Crippen LogP contribution in [0.2, 0.25) is 0 Å². The quantitative estimate of drug-likeness (QED) is 0.389. The third kappa shape index (κ3) is 5.12. The van der Waals surface area contributed by atoms with Crippen molar-refractivity contribution in [2.45, 2.75) is 19.7 Å². The van der Waals surface area contributed by atoms with E-state index in [1.165, 1.54) is 12.1 Å². The van der Waals surface area contributed by atoms with E-state index in [1.807, 2.05) is 0 Å². The number of halogens is 3. The first kappa shape index (κ1) is 17.5. The van der Waals surface area contributed by atoms with Gasteiger partial charge in [0, 0.05) is 12.1 Å². The number of benzene rings is 1. The molecule has 0 heterocycles. The van der Waals surface area contributed by atoms with Crippen LogP contribution in [-0.2, 0) is 20.7 Å². The largest absolute Gasteiger partial charge is 0.573 e. The van der Waals surface area contributed by atoms with Gasteiger partial charge in [-0.05, 0) is 24.6 Å². The van der Waals surface area contributed by atoms with E-state index >= 15 is 0 Å². The number of hydrogen-bond acceptors (Lipinski definition) is 5. The topological polar surface area (TPSA) is 78.6 Å². The maximum Gasteiger partial charge on any atom is 0.573 e. The van der Waals surface area contributed by atoms with Crippen LogP contribution >= 0.6 is 0 Å². The molecule has 22 heavy (non-hydrogen) atoms. The molecule has 1 rings (SSSR count). The second-order valence-electron chi connectivity index (χ2n) is 4.32. The maximum absolute atomic E-state index is 12.2. The molecule has 8 heteroatoms. The predicted octanol–water partition coefficient (Wildman–Crippen LogP) is 2.10. The van der Waals surface area contributed by atoms with Crippen LogP contribution in [0, 0.1) is 0 Å². The van der Waals surface area contributed by atoms with Gasteiger partial charge in [-0.1, -0.05) is 12.1 Å². The molecule has 0 atom stereocenters. The molecule has 0 aliphatic heterocycles. The molecule has 0 aliphatic carbocycles. The first-order valence-electron chi connectivity index (χ1n) is 6.06. The molecular formula is C14H14F3NO4. The number of nitrogens with two attached hydrogens (primary N) is 1. The number of esters is 1. The monoisotopic (exact) mass is 317 g/mol.